The molecule has 0 fully saturated rings. The number of amides is 1. The van der Waals surface area contributed by atoms with Crippen molar-refractivity contribution >= 4 is 59.7 Å². The van der Waals surface area contributed by atoms with Crippen molar-refractivity contribution in [2.45, 2.75) is 44.6 Å². The van der Waals surface area contributed by atoms with E-state index in [0.717, 1.165) is 12.5 Å². The van der Waals surface area contributed by atoms with E-state index in [1.54, 1.807) is 20.8 Å². The summed E-state index contributed by atoms with van der Waals surface area (Å²) in [6.45, 7) is 4.73. The monoisotopic (exact) mass is 576 g/mol. The van der Waals surface area contributed by atoms with Crippen molar-refractivity contribution in [2.75, 3.05) is 37.2 Å². The van der Waals surface area contributed by atoms with Gasteiger partial charge in [-0.25, -0.2) is 9.78 Å². The standard InChI is InChI=1S/C18H26BrClN2O8S2/c1-17(2,3)30-16(23)22-11-18(6-8-28-31(4,24)25,7-9-29-32(5,26)27)13-14(20)12(19)10-21-15(13)22/h10H,6-9,11H2,1-5H3. The Balaban J connectivity index is 2.52. The molecule has 1 amide bonds. The van der Waals surface area contributed by atoms with Crippen LogP contribution in [-0.2, 0) is 38.8 Å². The van der Waals surface area contributed by atoms with Gasteiger partial charge in [-0.1, -0.05) is 11.6 Å². The number of carbonyl (C=O) groups is 1. The van der Waals surface area contributed by atoms with Gasteiger partial charge in [0.05, 0.1) is 35.2 Å². The fourth-order valence-corrected chi connectivity index (χ4v) is 4.77. The molecule has 1 aromatic rings. The van der Waals surface area contributed by atoms with E-state index in [-0.39, 0.29) is 43.4 Å². The Morgan fingerprint density at radius 2 is 1.66 bits per heavy atom. The molecule has 0 unspecified atom stereocenters. The van der Waals surface area contributed by atoms with Gasteiger partial charge in [-0.3, -0.25) is 13.3 Å². The molecule has 1 aromatic heterocycles. The van der Waals surface area contributed by atoms with Crippen LogP contribution in [0.3, 0.4) is 0 Å². The summed E-state index contributed by atoms with van der Waals surface area (Å²) in [5.74, 6) is 0.242. The number of rotatable bonds is 8. The van der Waals surface area contributed by atoms with E-state index in [2.05, 4.69) is 20.9 Å². The van der Waals surface area contributed by atoms with Gasteiger partial charge in [-0.15, -0.1) is 0 Å². The molecule has 1 aliphatic heterocycles. The first kappa shape index (κ1) is 27.3. The molecule has 0 spiro atoms. The zero-order valence-electron chi connectivity index (χ0n) is 18.3. The van der Waals surface area contributed by atoms with Gasteiger partial charge in [0.2, 0.25) is 0 Å². The van der Waals surface area contributed by atoms with E-state index < -0.39 is 37.3 Å². The predicted octanol–water partition coefficient (Wildman–Crippen LogP) is 3.22. The Morgan fingerprint density at radius 3 is 2.09 bits per heavy atom. The van der Waals surface area contributed by atoms with Crippen molar-refractivity contribution < 1.29 is 34.7 Å². The van der Waals surface area contributed by atoms with Crippen LogP contribution in [0.1, 0.15) is 39.2 Å². The number of fused-ring (bicyclic) bond motifs is 1. The average Bonchev–Trinajstić information content (AvgIpc) is 2.90. The van der Waals surface area contributed by atoms with Gasteiger partial charge in [0.25, 0.3) is 20.2 Å². The lowest BCUT2D eigenvalue weighted by molar-refractivity contribution is 0.0573. The molecule has 0 radical (unpaired) electrons. The summed E-state index contributed by atoms with van der Waals surface area (Å²) in [5, 5.41) is 0.264. The van der Waals surface area contributed by atoms with Crippen LogP contribution in [0, 0.1) is 0 Å². The summed E-state index contributed by atoms with van der Waals surface area (Å²) in [5.41, 5.74) is -1.33. The Kier molecular flexibility index (Phi) is 8.27. The van der Waals surface area contributed by atoms with Crippen LogP contribution in [-0.4, -0.2) is 65.8 Å². The molecule has 182 valence electrons. The largest absolute Gasteiger partial charge is 0.443 e. The zero-order chi connectivity index (χ0) is 24.5. The minimum absolute atomic E-state index is 0.0145. The number of pyridine rings is 1. The summed E-state index contributed by atoms with van der Waals surface area (Å²) in [6.07, 6.45) is 2.81. The smallest absolute Gasteiger partial charge is 0.416 e. The molecular weight excluding hydrogens is 552 g/mol. The van der Waals surface area contributed by atoms with Crippen LogP contribution < -0.4 is 4.90 Å². The predicted molar refractivity (Wildman–Crippen MR) is 123 cm³/mol. The summed E-state index contributed by atoms with van der Waals surface area (Å²) < 4.78 is 61.8. The number of anilines is 1. The summed E-state index contributed by atoms with van der Waals surface area (Å²) in [6, 6.07) is 0. The summed E-state index contributed by atoms with van der Waals surface area (Å²) in [7, 11) is -7.45. The van der Waals surface area contributed by atoms with Crippen LogP contribution in [0.2, 0.25) is 5.02 Å². The van der Waals surface area contributed by atoms with E-state index >= 15 is 0 Å². The SMILES string of the molecule is CC(C)(C)OC(=O)N1CC(CCOS(C)(=O)=O)(CCOS(C)(=O)=O)c2c1ncc(Br)c2Cl. The van der Waals surface area contributed by atoms with Crippen molar-refractivity contribution in [1.29, 1.82) is 0 Å². The van der Waals surface area contributed by atoms with Gasteiger partial charge >= 0.3 is 6.09 Å². The van der Waals surface area contributed by atoms with Gasteiger partial charge in [-0.05, 0) is 49.5 Å². The maximum Gasteiger partial charge on any atom is 0.416 e. The molecule has 1 aliphatic rings. The third-order valence-electron chi connectivity index (χ3n) is 4.57. The zero-order valence-corrected chi connectivity index (χ0v) is 22.3. The first-order valence-electron chi connectivity index (χ1n) is 9.48. The second kappa shape index (κ2) is 9.71. The second-order valence-corrected chi connectivity index (χ2v) is 13.0. The number of hydrogen-bond acceptors (Lipinski definition) is 9. The minimum Gasteiger partial charge on any atom is -0.443 e. The Bertz CT molecular complexity index is 1050. The number of carbonyl (C=O) groups excluding carboxylic acids is 1. The number of ether oxygens (including phenoxy) is 1. The fourth-order valence-electron chi connectivity index (χ4n) is 3.37. The second-order valence-electron chi connectivity index (χ2n) is 8.52. The van der Waals surface area contributed by atoms with Crippen molar-refractivity contribution in [3.63, 3.8) is 0 Å². The van der Waals surface area contributed by atoms with Crippen molar-refractivity contribution in [1.82, 2.24) is 4.98 Å². The van der Waals surface area contributed by atoms with Crippen molar-refractivity contribution in [3.8, 4) is 0 Å². The molecule has 0 saturated heterocycles. The highest BCUT2D eigenvalue weighted by atomic mass is 79.9. The van der Waals surface area contributed by atoms with Crippen molar-refractivity contribution in [3.05, 3.63) is 21.3 Å². The molecule has 0 aromatic carbocycles. The highest BCUT2D eigenvalue weighted by Gasteiger charge is 2.48. The number of halogens is 2. The summed E-state index contributed by atoms with van der Waals surface area (Å²) >= 11 is 9.90. The van der Waals surface area contributed by atoms with Gasteiger partial charge in [0.1, 0.15) is 11.4 Å². The quantitative estimate of drug-likeness (QED) is 0.428. The van der Waals surface area contributed by atoms with E-state index in [4.69, 9.17) is 24.7 Å². The molecular formula is C18H26BrClN2O8S2. The lowest BCUT2D eigenvalue weighted by atomic mass is 9.77. The molecule has 0 bridgehead atoms. The van der Waals surface area contributed by atoms with E-state index in [9.17, 15) is 21.6 Å². The van der Waals surface area contributed by atoms with E-state index in [1.165, 1.54) is 11.1 Å². The maximum atomic E-state index is 12.9. The Morgan fingerprint density at radius 1 is 1.16 bits per heavy atom. The van der Waals surface area contributed by atoms with E-state index in [0.29, 0.717) is 10.0 Å². The molecule has 0 N–H and O–H groups in total. The maximum absolute atomic E-state index is 12.9. The fraction of sp³-hybridized carbons (Fsp3) is 0.667. The number of nitrogens with zero attached hydrogens (tertiary/aromatic N) is 2. The highest BCUT2D eigenvalue weighted by Crippen LogP contribution is 2.50. The van der Waals surface area contributed by atoms with Gasteiger partial charge in [0, 0.05) is 23.7 Å². The van der Waals surface area contributed by atoms with Gasteiger partial charge < -0.3 is 4.74 Å². The molecule has 2 rings (SSSR count). The first-order chi connectivity index (χ1) is 14.4. The Hall–Kier alpha value is -0.990. The number of aromatic nitrogens is 1. The van der Waals surface area contributed by atoms with Crippen LogP contribution in [0.4, 0.5) is 10.6 Å². The molecule has 14 heteroatoms. The van der Waals surface area contributed by atoms with Crippen LogP contribution in [0.25, 0.3) is 0 Å². The van der Waals surface area contributed by atoms with Crippen LogP contribution in [0.15, 0.2) is 10.7 Å². The minimum atomic E-state index is -3.73. The van der Waals surface area contributed by atoms with Crippen LogP contribution >= 0.6 is 27.5 Å². The first-order valence-corrected chi connectivity index (χ1v) is 14.3. The van der Waals surface area contributed by atoms with Gasteiger partial charge in [0.15, 0.2) is 0 Å². The van der Waals surface area contributed by atoms with E-state index in [1.807, 2.05) is 0 Å². The lowest BCUT2D eigenvalue weighted by Gasteiger charge is -2.31. The molecule has 2 heterocycles. The third-order valence-corrected chi connectivity index (χ3v) is 6.98. The normalized spacial score (nSPS) is 16.2. The molecule has 10 nitrogen and oxygen atoms in total. The molecule has 0 aliphatic carbocycles. The average molecular weight is 578 g/mol. The highest BCUT2D eigenvalue weighted by molar-refractivity contribution is 9.10. The molecule has 32 heavy (non-hydrogen) atoms. The Labute approximate surface area is 201 Å². The topological polar surface area (TPSA) is 129 Å². The van der Waals surface area contributed by atoms with Crippen molar-refractivity contribution in [2.24, 2.45) is 0 Å². The van der Waals surface area contributed by atoms with Crippen LogP contribution in [0.5, 0.6) is 0 Å². The number of hydrogen-bond donors (Lipinski definition) is 0. The third kappa shape index (κ3) is 7.26. The molecule has 0 atom stereocenters. The summed E-state index contributed by atoms with van der Waals surface area (Å²) in [4.78, 5) is 18.6. The lowest BCUT2D eigenvalue weighted by Crippen LogP contribution is -2.41. The molecule has 0 saturated carbocycles. The van der Waals surface area contributed by atoms with Gasteiger partial charge in [-0.2, -0.15) is 16.8 Å².